The van der Waals surface area contributed by atoms with Crippen LogP contribution in [0, 0.1) is 17.2 Å². The average Bonchev–Trinajstić information content (AvgIpc) is 3.01. The molecule has 0 saturated heterocycles. The third kappa shape index (κ3) is 5.16. The van der Waals surface area contributed by atoms with Crippen LogP contribution in [0.5, 0.6) is 0 Å². The summed E-state index contributed by atoms with van der Waals surface area (Å²) in [4.78, 5) is 24.3. The lowest BCUT2D eigenvalue weighted by atomic mass is 10.0. The lowest BCUT2D eigenvalue weighted by Gasteiger charge is -2.13. The molecule has 25 heavy (non-hydrogen) atoms. The van der Waals surface area contributed by atoms with Gasteiger partial charge in [-0.1, -0.05) is 26.0 Å². The highest BCUT2D eigenvalue weighted by Crippen LogP contribution is 2.22. The van der Waals surface area contributed by atoms with Crippen molar-refractivity contribution >= 4 is 28.2 Å². The quantitative estimate of drug-likeness (QED) is 0.793. The minimum atomic E-state index is -0.962. The molecule has 0 aliphatic heterocycles. The SMILES string of the molecule is CC(C)Cc1ccc(C(=O)O[C@H](C)C(=O)Nc2sccc2C#N)cc1. The molecule has 0 unspecified atom stereocenters. The summed E-state index contributed by atoms with van der Waals surface area (Å²) in [6, 6.07) is 10.8. The topological polar surface area (TPSA) is 79.2 Å². The number of ether oxygens (including phenoxy) is 1. The van der Waals surface area contributed by atoms with Gasteiger partial charge in [-0.2, -0.15) is 5.26 Å². The Morgan fingerprint density at radius 3 is 2.48 bits per heavy atom. The number of nitriles is 1. The molecule has 2 rings (SSSR count). The van der Waals surface area contributed by atoms with E-state index in [2.05, 4.69) is 19.2 Å². The highest BCUT2D eigenvalue weighted by molar-refractivity contribution is 7.14. The largest absolute Gasteiger partial charge is 0.449 e. The van der Waals surface area contributed by atoms with Crippen LogP contribution in [0.15, 0.2) is 35.7 Å². The summed E-state index contributed by atoms with van der Waals surface area (Å²) in [5.41, 5.74) is 1.94. The Balaban J connectivity index is 1.95. The van der Waals surface area contributed by atoms with E-state index < -0.39 is 18.0 Å². The second-order valence-electron chi connectivity index (χ2n) is 6.11. The lowest BCUT2D eigenvalue weighted by Crippen LogP contribution is -2.29. The van der Waals surface area contributed by atoms with Crippen molar-refractivity contribution in [2.24, 2.45) is 5.92 Å². The van der Waals surface area contributed by atoms with Crippen LogP contribution in [0.2, 0.25) is 0 Å². The second-order valence-corrected chi connectivity index (χ2v) is 7.02. The molecular weight excluding hydrogens is 336 g/mol. The zero-order chi connectivity index (χ0) is 18.4. The zero-order valence-electron chi connectivity index (χ0n) is 14.4. The van der Waals surface area contributed by atoms with Crippen molar-refractivity contribution in [1.82, 2.24) is 0 Å². The van der Waals surface area contributed by atoms with Crippen molar-refractivity contribution in [2.45, 2.75) is 33.3 Å². The van der Waals surface area contributed by atoms with Crippen molar-refractivity contribution in [1.29, 1.82) is 5.26 Å². The van der Waals surface area contributed by atoms with Gasteiger partial charge in [-0.25, -0.2) is 4.79 Å². The van der Waals surface area contributed by atoms with Crippen molar-refractivity contribution in [3.8, 4) is 6.07 Å². The highest BCUT2D eigenvalue weighted by Gasteiger charge is 2.20. The fraction of sp³-hybridized carbons (Fsp3) is 0.316. The molecule has 5 nitrogen and oxygen atoms in total. The van der Waals surface area contributed by atoms with Crippen LogP contribution in [0.3, 0.4) is 0 Å². The van der Waals surface area contributed by atoms with E-state index in [9.17, 15) is 9.59 Å². The number of anilines is 1. The number of nitrogens with one attached hydrogen (secondary N) is 1. The first-order chi connectivity index (χ1) is 11.9. The molecular formula is C19H20N2O3S. The van der Waals surface area contributed by atoms with Crippen LogP contribution >= 0.6 is 11.3 Å². The Bertz CT molecular complexity index is 788. The smallest absolute Gasteiger partial charge is 0.338 e. The van der Waals surface area contributed by atoms with Crippen LogP contribution < -0.4 is 5.32 Å². The first kappa shape index (κ1) is 18.7. The van der Waals surface area contributed by atoms with Gasteiger partial charge in [0.1, 0.15) is 11.1 Å². The first-order valence-electron chi connectivity index (χ1n) is 7.99. The van der Waals surface area contributed by atoms with Crippen LogP contribution in [-0.2, 0) is 16.0 Å². The molecule has 1 heterocycles. The Morgan fingerprint density at radius 2 is 1.88 bits per heavy atom. The maximum atomic E-state index is 12.2. The molecule has 130 valence electrons. The van der Waals surface area contributed by atoms with Gasteiger partial charge in [-0.3, -0.25) is 4.79 Å². The molecule has 0 fully saturated rings. The maximum absolute atomic E-state index is 12.2. The van der Waals surface area contributed by atoms with Gasteiger partial charge in [-0.05, 0) is 48.4 Å². The normalized spacial score (nSPS) is 11.6. The summed E-state index contributed by atoms with van der Waals surface area (Å²) in [5, 5.41) is 13.7. The van der Waals surface area contributed by atoms with Gasteiger partial charge in [0.05, 0.1) is 11.1 Å². The van der Waals surface area contributed by atoms with Gasteiger partial charge in [0.2, 0.25) is 0 Å². The van der Waals surface area contributed by atoms with Crippen molar-refractivity contribution in [3.63, 3.8) is 0 Å². The second kappa shape index (κ2) is 8.45. The molecule has 1 aromatic heterocycles. The number of carbonyl (C=O) groups is 2. The zero-order valence-corrected chi connectivity index (χ0v) is 15.2. The summed E-state index contributed by atoms with van der Waals surface area (Å²) in [5.74, 6) is -0.480. The molecule has 6 heteroatoms. The molecule has 0 radical (unpaired) electrons. The van der Waals surface area contributed by atoms with Crippen molar-refractivity contribution in [2.75, 3.05) is 5.32 Å². The highest BCUT2D eigenvalue weighted by atomic mass is 32.1. The number of carbonyl (C=O) groups excluding carboxylic acids is 2. The van der Waals surface area contributed by atoms with Gasteiger partial charge < -0.3 is 10.1 Å². The van der Waals surface area contributed by atoms with Crippen molar-refractivity contribution < 1.29 is 14.3 Å². The van der Waals surface area contributed by atoms with Crippen LogP contribution in [0.1, 0.15) is 42.3 Å². The summed E-state index contributed by atoms with van der Waals surface area (Å²) in [7, 11) is 0. The predicted octanol–water partition coefficient (Wildman–Crippen LogP) is 4.00. The third-order valence-electron chi connectivity index (χ3n) is 3.51. The van der Waals surface area contributed by atoms with Gasteiger partial charge in [0, 0.05) is 0 Å². The Kier molecular flexibility index (Phi) is 6.31. The Hall–Kier alpha value is -2.65. The summed E-state index contributed by atoms with van der Waals surface area (Å²) < 4.78 is 5.21. The van der Waals surface area contributed by atoms with Gasteiger partial charge in [0.15, 0.2) is 6.10 Å². The number of thiophene rings is 1. The number of amides is 1. The van der Waals surface area contributed by atoms with E-state index in [1.807, 2.05) is 18.2 Å². The van der Waals surface area contributed by atoms with E-state index in [0.29, 0.717) is 22.0 Å². The number of hydrogen-bond donors (Lipinski definition) is 1. The number of hydrogen-bond acceptors (Lipinski definition) is 5. The molecule has 0 aliphatic rings. The monoisotopic (exact) mass is 356 g/mol. The molecule has 0 spiro atoms. The number of rotatable bonds is 6. The van der Waals surface area contributed by atoms with E-state index >= 15 is 0 Å². The molecule has 1 N–H and O–H groups in total. The summed E-state index contributed by atoms with van der Waals surface area (Å²) >= 11 is 1.25. The van der Waals surface area contributed by atoms with Crippen LogP contribution in [0.25, 0.3) is 0 Å². The minimum absolute atomic E-state index is 0.387. The Labute approximate surface area is 151 Å². The predicted molar refractivity (Wildman–Crippen MR) is 97.5 cm³/mol. The summed E-state index contributed by atoms with van der Waals surface area (Å²) in [6.45, 7) is 5.77. The number of nitrogens with zero attached hydrogens (tertiary/aromatic N) is 1. The molecule has 0 aliphatic carbocycles. The third-order valence-corrected chi connectivity index (χ3v) is 4.34. The minimum Gasteiger partial charge on any atom is -0.449 e. The summed E-state index contributed by atoms with van der Waals surface area (Å²) in [6.07, 6.45) is -0.0209. The van der Waals surface area contributed by atoms with E-state index in [1.165, 1.54) is 18.3 Å². The van der Waals surface area contributed by atoms with E-state index in [-0.39, 0.29) is 0 Å². The van der Waals surface area contributed by atoms with Crippen LogP contribution in [-0.4, -0.2) is 18.0 Å². The van der Waals surface area contributed by atoms with E-state index in [1.54, 1.807) is 23.6 Å². The lowest BCUT2D eigenvalue weighted by molar-refractivity contribution is -0.123. The Morgan fingerprint density at radius 1 is 1.20 bits per heavy atom. The maximum Gasteiger partial charge on any atom is 0.338 e. The molecule has 1 atom stereocenters. The van der Waals surface area contributed by atoms with Crippen LogP contribution in [0.4, 0.5) is 5.00 Å². The van der Waals surface area contributed by atoms with Gasteiger partial charge in [-0.15, -0.1) is 11.3 Å². The fourth-order valence-electron chi connectivity index (χ4n) is 2.24. The van der Waals surface area contributed by atoms with Crippen molar-refractivity contribution in [3.05, 3.63) is 52.4 Å². The first-order valence-corrected chi connectivity index (χ1v) is 8.87. The number of esters is 1. The van der Waals surface area contributed by atoms with E-state index in [0.717, 1.165) is 12.0 Å². The molecule has 1 amide bonds. The van der Waals surface area contributed by atoms with E-state index in [4.69, 9.17) is 10.00 Å². The molecule has 2 aromatic rings. The molecule has 0 bridgehead atoms. The fourth-order valence-corrected chi connectivity index (χ4v) is 2.98. The molecule has 0 saturated carbocycles. The number of benzene rings is 1. The average molecular weight is 356 g/mol. The standard InChI is InChI=1S/C19H20N2O3S/c1-12(2)10-14-4-6-15(7-5-14)19(23)24-13(3)17(22)21-18-16(11-20)8-9-25-18/h4-9,12-13H,10H2,1-3H3,(H,21,22)/t13-/m1/s1. The van der Waals surface area contributed by atoms with Gasteiger partial charge >= 0.3 is 5.97 Å². The molecule has 1 aromatic carbocycles. The van der Waals surface area contributed by atoms with Gasteiger partial charge in [0.25, 0.3) is 5.91 Å².